The van der Waals surface area contributed by atoms with E-state index >= 15 is 0 Å². The summed E-state index contributed by atoms with van der Waals surface area (Å²) in [6.07, 6.45) is 3.53. The summed E-state index contributed by atoms with van der Waals surface area (Å²) >= 11 is 1.60. The predicted octanol–water partition coefficient (Wildman–Crippen LogP) is 2.00. The van der Waals surface area contributed by atoms with Gasteiger partial charge in [-0.05, 0) is 18.2 Å². The fourth-order valence-corrected chi connectivity index (χ4v) is 3.92. The highest BCUT2D eigenvalue weighted by atomic mass is 32.2. The number of H-pyrrole nitrogens is 1. The van der Waals surface area contributed by atoms with Crippen LogP contribution in [0.2, 0.25) is 0 Å². The van der Waals surface area contributed by atoms with E-state index in [4.69, 9.17) is 9.47 Å². The number of ether oxygens (including phenoxy) is 2. The molecule has 0 unspecified atom stereocenters. The van der Waals surface area contributed by atoms with Crippen LogP contribution in [0.15, 0.2) is 30.6 Å². The average Bonchev–Trinajstić information content (AvgIpc) is 3.22. The van der Waals surface area contributed by atoms with E-state index in [2.05, 4.69) is 14.9 Å². The van der Waals surface area contributed by atoms with Gasteiger partial charge in [0.05, 0.1) is 25.7 Å². The van der Waals surface area contributed by atoms with E-state index in [1.165, 1.54) is 0 Å². The maximum absolute atomic E-state index is 12.4. The van der Waals surface area contributed by atoms with Crippen LogP contribution >= 0.6 is 11.8 Å². The molecule has 0 radical (unpaired) electrons. The molecule has 146 valence electrons. The van der Waals surface area contributed by atoms with Crippen LogP contribution in [-0.4, -0.2) is 71.8 Å². The number of imidazole rings is 1. The molecule has 2 heterocycles. The van der Waals surface area contributed by atoms with Crippen LogP contribution in [0.1, 0.15) is 11.4 Å². The van der Waals surface area contributed by atoms with Crippen LogP contribution in [-0.2, 0) is 17.1 Å². The number of nitrogens with one attached hydrogen (secondary N) is 1. The topological polar surface area (TPSA) is 70.7 Å². The van der Waals surface area contributed by atoms with Gasteiger partial charge in [-0.15, -0.1) is 11.8 Å². The minimum atomic E-state index is 0.199. The zero-order valence-electron chi connectivity index (χ0n) is 15.8. The van der Waals surface area contributed by atoms with Crippen LogP contribution in [0.5, 0.6) is 11.5 Å². The summed E-state index contributed by atoms with van der Waals surface area (Å²) in [5, 5.41) is 0. The second-order valence-corrected chi connectivity index (χ2v) is 7.35. The second kappa shape index (κ2) is 9.66. The van der Waals surface area contributed by atoms with Gasteiger partial charge in [-0.1, -0.05) is 0 Å². The van der Waals surface area contributed by atoms with E-state index in [0.717, 1.165) is 61.4 Å². The molecule has 1 N–H and O–H groups in total. The lowest BCUT2D eigenvalue weighted by atomic mass is 10.1. The van der Waals surface area contributed by atoms with Gasteiger partial charge in [-0.2, -0.15) is 0 Å². The summed E-state index contributed by atoms with van der Waals surface area (Å²) in [7, 11) is 3.35. The number of methoxy groups -OCH3 is 2. The van der Waals surface area contributed by atoms with Crippen molar-refractivity contribution in [2.45, 2.75) is 12.3 Å². The third kappa shape index (κ3) is 5.40. The number of hydrogen-bond donors (Lipinski definition) is 1. The van der Waals surface area contributed by atoms with Gasteiger partial charge in [0, 0.05) is 50.7 Å². The standard InChI is InChI=1S/C19H26N4O3S/c1-25-16-3-4-17(26-2)15(11-16)12-22-7-9-23(10-8-22)19(24)14-27-13-18-20-5-6-21-18/h3-6,11H,7-10,12-14H2,1-2H3,(H,20,21). The van der Waals surface area contributed by atoms with Gasteiger partial charge in [0.1, 0.15) is 17.3 Å². The molecule has 0 atom stereocenters. The first kappa shape index (κ1) is 19.6. The first-order valence-electron chi connectivity index (χ1n) is 8.96. The zero-order chi connectivity index (χ0) is 19.1. The number of aromatic nitrogens is 2. The largest absolute Gasteiger partial charge is 0.497 e. The molecular weight excluding hydrogens is 364 g/mol. The SMILES string of the molecule is COc1ccc(OC)c(CN2CCN(C(=O)CSCc3ncc[nH]3)CC2)c1. The Labute approximate surface area is 164 Å². The van der Waals surface area contributed by atoms with Crippen molar-refractivity contribution in [2.75, 3.05) is 46.2 Å². The third-order valence-electron chi connectivity index (χ3n) is 4.63. The Hall–Kier alpha value is -2.19. The lowest BCUT2D eigenvalue weighted by Crippen LogP contribution is -2.48. The summed E-state index contributed by atoms with van der Waals surface area (Å²) in [5.41, 5.74) is 1.10. The van der Waals surface area contributed by atoms with Crippen LogP contribution in [0.4, 0.5) is 0 Å². The summed E-state index contributed by atoms with van der Waals surface area (Å²) in [6, 6.07) is 5.85. The molecular formula is C19H26N4O3S. The predicted molar refractivity (Wildman–Crippen MR) is 106 cm³/mol. The summed E-state index contributed by atoms with van der Waals surface area (Å²) < 4.78 is 10.8. The molecule has 1 fully saturated rings. The Morgan fingerprint density at radius 2 is 2.04 bits per heavy atom. The number of carbonyl (C=O) groups excluding carboxylic acids is 1. The Morgan fingerprint density at radius 1 is 1.22 bits per heavy atom. The van der Waals surface area contributed by atoms with Gasteiger partial charge in [0.15, 0.2) is 0 Å². The molecule has 0 saturated carbocycles. The van der Waals surface area contributed by atoms with Gasteiger partial charge in [0.25, 0.3) is 0 Å². The van der Waals surface area contributed by atoms with E-state index in [1.54, 1.807) is 38.4 Å². The van der Waals surface area contributed by atoms with Gasteiger partial charge in [0.2, 0.25) is 5.91 Å². The van der Waals surface area contributed by atoms with Crippen molar-refractivity contribution in [3.8, 4) is 11.5 Å². The quantitative estimate of drug-likeness (QED) is 0.744. The van der Waals surface area contributed by atoms with Crippen LogP contribution in [0.25, 0.3) is 0 Å². The summed E-state index contributed by atoms with van der Waals surface area (Å²) in [5.74, 6) is 4.02. The van der Waals surface area contributed by atoms with Crippen LogP contribution in [0.3, 0.4) is 0 Å². The highest BCUT2D eigenvalue weighted by molar-refractivity contribution is 7.99. The first-order chi connectivity index (χ1) is 13.2. The van der Waals surface area contributed by atoms with Crippen molar-refractivity contribution in [2.24, 2.45) is 0 Å². The maximum Gasteiger partial charge on any atom is 0.232 e. The van der Waals surface area contributed by atoms with Crippen LogP contribution < -0.4 is 9.47 Å². The fraction of sp³-hybridized carbons (Fsp3) is 0.474. The molecule has 1 aromatic heterocycles. The van der Waals surface area contributed by atoms with Crippen molar-refractivity contribution in [3.05, 3.63) is 42.0 Å². The Kier molecular flexibility index (Phi) is 7.00. The Balaban J connectivity index is 1.45. The maximum atomic E-state index is 12.4. The molecule has 0 spiro atoms. The lowest BCUT2D eigenvalue weighted by Gasteiger charge is -2.35. The molecule has 0 aliphatic carbocycles. The molecule has 3 rings (SSSR count). The monoisotopic (exact) mass is 390 g/mol. The molecule has 1 saturated heterocycles. The Morgan fingerprint density at radius 3 is 2.70 bits per heavy atom. The number of amides is 1. The van der Waals surface area contributed by atoms with Crippen molar-refractivity contribution in [3.63, 3.8) is 0 Å². The molecule has 1 aliphatic heterocycles. The zero-order valence-corrected chi connectivity index (χ0v) is 16.6. The highest BCUT2D eigenvalue weighted by Gasteiger charge is 2.22. The molecule has 7 nitrogen and oxygen atoms in total. The van der Waals surface area contributed by atoms with Gasteiger partial charge in [-0.25, -0.2) is 4.98 Å². The third-order valence-corrected chi connectivity index (χ3v) is 5.55. The number of benzene rings is 1. The first-order valence-corrected chi connectivity index (χ1v) is 10.1. The molecule has 2 aromatic rings. The van der Waals surface area contributed by atoms with Crippen molar-refractivity contribution >= 4 is 17.7 Å². The molecule has 0 bridgehead atoms. The van der Waals surface area contributed by atoms with E-state index < -0.39 is 0 Å². The average molecular weight is 391 g/mol. The molecule has 1 aliphatic rings. The number of rotatable bonds is 8. The lowest BCUT2D eigenvalue weighted by molar-refractivity contribution is -0.130. The van der Waals surface area contributed by atoms with Crippen molar-refractivity contribution in [1.82, 2.24) is 19.8 Å². The number of aromatic amines is 1. The highest BCUT2D eigenvalue weighted by Crippen LogP contribution is 2.25. The molecule has 1 aromatic carbocycles. The number of nitrogens with zero attached hydrogens (tertiary/aromatic N) is 3. The molecule has 8 heteroatoms. The number of thioether (sulfide) groups is 1. The van der Waals surface area contributed by atoms with Gasteiger partial charge in [-0.3, -0.25) is 9.69 Å². The minimum absolute atomic E-state index is 0.199. The fourth-order valence-electron chi connectivity index (χ4n) is 3.10. The van der Waals surface area contributed by atoms with E-state index in [9.17, 15) is 4.79 Å². The summed E-state index contributed by atoms with van der Waals surface area (Å²) in [4.78, 5) is 23.9. The summed E-state index contributed by atoms with van der Waals surface area (Å²) in [6.45, 7) is 4.01. The second-order valence-electron chi connectivity index (χ2n) is 6.36. The van der Waals surface area contributed by atoms with Gasteiger partial charge >= 0.3 is 0 Å². The smallest absolute Gasteiger partial charge is 0.232 e. The number of carbonyl (C=O) groups is 1. The molecule has 27 heavy (non-hydrogen) atoms. The van der Waals surface area contributed by atoms with Gasteiger partial charge < -0.3 is 19.4 Å². The number of hydrogen-bond acceptors (Lipinski definition) is 6. The van der Waals surface area contributed by atoms with Crippen molar-refractivity contribution < 1.29 is 14.3 Å². The van der Waals surface area contributed by atoms with Crippen molar-refractivity contribution in [1.29, 1.82) is 0 Å². The molecule has 1 amide bonds. The normalized spacial score (nSPS) is 15.0. The van der Waals surface area contributed by atoms with Crippen LogP contribution in [0, 0.1) is 0 Å². The van der Waals surface area contributed by atoms with E-state index in [1.807, 2.05) is 23.1 Å². The number of piperazine rings is 1. The minimum Gasteiger partial charge on any atom is -0.497 e. The Bertz CT molecular complexity index is 731. The van der Waals surface area contributed by atoms with E-state index in [-0.39, 0.29) is 5.91 Å². The van der Waals surface area contributed by atoms with E-state index in [0.29, 0.717) is 5.75 Å².